The molecule has 0 radical (unpaired) electrons. The van der Waals surface area contributed by atoms with Gasteiger partial charge in [0.2, 0.25) is 0 Å². The van der Waals surface area contributed by atoms with Crippen molar-refractivity contribution in [3.05, 3.63) is 94.5 Å². The number of hydrogen-bond acceptors (Lipinski definition) is 3. The Hall–Kier alpha value is -3.11. The van der Waals surface area contributed by atoms with Gasteiger partial charge in [-0.25, -0.2) is 0 Å². The first kappa shape index (κ1) is 19.2. The van der Waals surface area contributed by atoms with Crippen molar-refractivity contribution in [2.45, 2.75) is 19.3 Å². The van der Waals surface area contributed by atoms with Crippen LogP contribution in [0.15, 0.2) is 72.8 Å². The van der Waals surface area contributed by atoms with Crippen LogP contribution in [0.3, 0.4) is 0 Å². The van der Waals surface area contributed by atoms with Crippen LogP contribution in [0.5, 0.6) is 11.5 Å². The van der Waals surface area contributed by atoms with Crippen LogP contribution in [-0.2, 0) is 0 Å². The van der Waals surface area contributed by atoms with E-state index in [4.69, 9.17) is 16.3 Å². The predicted octanol–water partition coefficient (Wildman–Crippen LogP) is 5.92. The molecule has 3 aromatic rings. The Labute approximate surface area is 174 Å². The summed E-state index contributed by atoms with van der Waals surface area (Å²) in [6, 6.07) is 22.0. The molecule has 146 valence electrons. The number of rotatable bonds is 6. The zero-order valence-corrected chi connectivity index (χ0v) is 16.7. The second kappa shape index (κ2) is 8.10. The number of amides is 2. The van der Waals surface area contributed by atoms with E-state index in [1.54, 1.807) is 36.4 Å². The van der Waals surface area contributed by atoms with Crippen molar-refractivity contribution >= 4 is 23.4 Å². The van der Waals surface area contributed by atoms with E-state index in [2.05, 4.69) is 6.92 Å². The standard InChI is InChI=1S/C24H20ClNO3/c1-16(14-15-26-23(27)20-7-2-3-8-21(20)24(26)28)19-6-4-5-9-22(19)29-18-12-10-17(25)11-13-18/h2-13,16H,14-15H2,1H3. The second-order valence-electron chi connectivity index (χ2n) is 7.09. The first-order valence-corrected chi connectivity index (χ1v) is 9.90. The van der Waals surface area contributed by atoms with Crippen LogP contribution < -0.4 is 4.74 Å². The topological polar surface area (TPSA) is 46.6 Å². The van der Waals surface area contributed by atoms with Crippen molar-refractivity contribution in [3.63, 3.8) is 0 Å². The van der Waals surface area contributed by atoms with Gasteiger partial charge in [-0.3, -0.25) is 14.5 Å². The number of ether oxygens (including phenoxy) is 1. The van der Waals surface area contributed by atoms with E-state index in [1.807, 2.05) is 36.4 Å². The quantitative estimate of drug-likeness (QED) is 0.478. The van der Waals surface area contributed by atoms with Crippen LogP contribution in [0.1, 0.15) is 45.5 Å². The Balaban J connectivity index is 1.47. The van der Waals surface area contributed by atoms with Gasteiger partial charge in [0, 0.05) is 11.6 Å². The molecule has 2 amide bonds. The van der Waals surface area contributed by atoms with Crippen molar-refractivity contribution in [1.82, 2.24) is 4.90 Å². The number of nitrogens with zero attached hydrogens (tertiary/aromatic N) is 1. The van der Waals surface area contributed by atoms with E-state index >= 15 is 0 Å². The fraction of sp³-hybridized carbons (Fsp3) is 0.167. The van der Waals surface area contributed by atoms with Gasteiger partial charge in [-0.15, -0.1) is 0 Å². The summed E-state index contributed by atoms with van der Waals surface area (Å²) in [5.74, 6) is 1.12. The van der Waals surface area contributed by atoms with Crippen LogP contribution in [0.25, 0.3) is 0 Å². The largest absolute Gasteiger partial charge is 0.457 e. The summed E-state index contributed by atoms with van der Waals surface area (Å²) < 4.78 is 6.04. The van der Waals surface area contributed by atoms with Crippen LogP contribution >= 0.6 is 11.6 Å². The monoisotopic (exact) mass is 405 g/mol. The second-order valence-corrected chi connectivity index (χ2v) is 7.53. The lowest BCUT2D eigenvalue weighted by atomic mass is 9.96. The summed E-state index contributed by atoms with van der Waals surface area (Å²) in [6.45, 7) is 2.44. The molecular formula is C24H20ClNO3. The van der Waals surface area contributed by atoms with Crippen molar-refractivity contribution in [2.24, 2.45) is 0 Å². The number of hydrogen-bond donors (Lipinski definition) is 0. The van der Waals surface area contributed by atoms with E-state index in [1.165, 1.54) is 4.90 Å². The molecule has 3 aromatic carbocycles. The third-order valence-corrected chi connectivity index (χ3v) is 5.41. The first-order chi connectivity index (χ1) is 14.0. The zero-order chi connectivity index (χ0) is 20.4. The maximum Gasteiger partial charge on any atom is 0.261 e. The van der Waals surface area contributed by atoms with E-state index in [0.717, 1.165) is 11.3 Å². The summed E-state index contributed by atoms with van der Waals surface area (Å²) in [5.41, 5.74) is 1.99. The molecule has 0 saturated heterocycles. The fourth-order valence-corrected chi connectivity index (χ4v) is 3.66. The van der Waals surface area contributed by atoms with Crippen molar-refractivity contribution in [2.75, 3.05) is 6.54 Å². The Kier molecular flexibility index (Phi) is 5.36. The molecule has 4 nitrogen and oxygen atoms in total. The molecule has 0 spiro atoms. The number of benzene rings is 3. The third-order valence-electron chi connectivity index (χ3n) is 5.16. The maximum atomic E-state index is 12.6. The minimum atomic E-state index is -0.219. The number of halogens is 1. The van der Waals surface area contributed by atoms with Gasteiger partial charge in [0.05, 0.1) is 11.1 Å². The summed E-state index contributed by atoms with van der Waals surface area (Å²) in [7, 11) is 0. The average Bonchev–Trinajstić information content (AvgIpc) is 2.99. The van der Waals surface area contributed by atoms with Gasteiger partial charge in [-0.05, 0) is 60.4 Å². The highest BCUT2D eigenvalue weighted by molar-refractivity contribution is 6.30. The summed E-state index contributed by atoms with van der Waals surface area (Å²) in [6.07, 6.45) is 0.645. The summed E-state index contributed by atoms with van der Waals surface area (Å²) in [5, 5.41) is 0.653. The molecule has 4 rings (SSSR count). The predicted molar refractivity (Wildman–Crippen MR) is 113 cm³/mol. The van der Waals surface area contributed by atoms with Gasteiger partial charge in [-0.2, -0.15) is 0 Å². The maximum absolute atomic E-state index is 12.6. The molecular weight excluding hydrogens is 386 g/mol. The summed E-state index contributed by atoms with van der Waals surface area (Å²) in [4.78, 5) is 26.5. The Morgan fingerprint density at radius 2 is 1.45 bits per heavy atom. The van der Waals surface area contributed by atoms with E-state index in [-0.39, 0.29) is 17.7 Å². The van der Waals surface area contributed by atoms with Crippen molar-refractivity contribution < 1.29 is 14.3 Å². The molecule has 0 saturated carbocycles. The molecule has 0 bridgehead atoms. The van der Waals surface area contributed by atoms with Gasteiger partial charge in [-0.1, -0.05) is 48.9 Å². The van der Waals surface area contributed by atoms with Gasteiger partial charge >= 0.3 is 0 Å². The molecule has 29 heavy (non-hydrogen) atoms. The Bertz CT molecular complexity index is 1030. The molecule has 0 aromatic heterocycles. The van der Waals surface area contributed by atoms with Gasteiger partial charge in [0.25, 0.3) is 11.8 Å². The van der Waals surface area contributed by atoms with Crippen LogP contribution in [0.4, 0.5) is 0 Å². The molecule has 5 heteroatoms. The van der Waals surface area contributed by atoms with Crippen LogP contribution in [0.2, 0.25) is 5.02 Å². The van der Waals surface area contributed by atoms with Crippen molar-refractivity contribution in [3.8, 4) is 11.5 Å². The number of fused-ring (bicyclic) bond motifs is 1. The molecule has 1 heterocycles. The van der Waals surface area contributed by atoms with Crippen molar-refractivity contribution in [1.29, 1.82) is 0 Å². The van der Waals surface area contributed by atoms with E-state index in [0.29, 0.717) is 34.9 Å². The Morgan fingerprint density at radius 1 is 0.862 bits per heavy atom. The lowest BCUT2D eigenvalue weighted by Gasteiger charge is -2.20. The normalized spacial score (nSPS) is 14.1. The number of para-hydroxylation sites is 1. The van der Waals surface area contributed by atoms with Gasteiger partial charge in [0.1, 0.15) is 11.5 Å². The third kappa shape index (κ3) is 3.89. The Morgan fingerprint density at radius 3 is 2.10 bits per heavy atom. The van der Waals surface area contributed by atoms with E-state index < -0.39 is 0 Å². The molecule has 0 aliphatic carbocycles. The zero-order valence-electron chi connectivity index (χ0n) is 16.0. The van der Waals surface area contributed by atoms with Crippen LogP contribution in [0, 0.1) is 0 Å². The van der Waals surface area contributed by atoms with Gasteiger partial charge in [0.15, 0.2) is 0 Å². The highest BCUT2D eigenvalue weighted by Gasteiger charge is 2.34. The first-order valence-electron chi connectivity index (χ1n) is 9.52. The minimum Gasteiger partial charge on any atom is -0.457 e. The average molecular weight is 406 g/mol. The van der Waals surface area contributed by atoms with Gasteiger partial charge < -0.3 is 4.74 Å². The van der Waals surface area contributed by atoms with Crippen LogP contribution in [-0.4, -0.2) is 23.3 Å². The number of carbonyl (C=O) groups is 2. The fourth-order valence-electron chi connectivity index (χ4n) is 3.53. The molecule has 0 fully saturated rings. The number of imide groups is 1. The lowest BCUT2D eigenvalue weighted by molar-refractivity contribution is 0.0650. The van der Waals surface area contributed by atoms with E-state index in [9.17, 15) is 9.59 Å². The molecule has 1 atom stereocenters. The molecule has 1 unspecified atom stereocenters. The SMILES string of the molecule is CC(CCN1C(=O)c2ccccc2C1=O)c1ccccc1Oc1ccc(Cl)cc1. The molecule has 1 aliphatic rings. The smallest absolute Gasteiger partial charge is 0.261 e. The highest BCUT2D eigenvalue weighted by atomic mass is 35.5. The summed E-state index contributed by atoms with van der Waals surface area (Å²) >= 11 is 5.94. The molecule has 0 N–H and O–H groups in total. The lowest BCUT2D eigenvalue weighted by Crippen LogP contribution is -2.31. The number of carbonyl (C=O) groups excluding carboxylic acids is 2. The molecule has 1 aliphatic heterocycles. The highest BCUT2D eigenvalue weighted by Crippen LogP contribution is 2.33. The minimum absolute atomic E-state index is 0.0998.